The first-order valence-corrected chi connectivity index (χ1v) is 14.5. The van der Waals surface area contributed by atoms with Gasteiger partial charge in [-0.1, -0.05) is 49.7 Å². The van der Waals surface area contributed by atoms with Gasteiger partial charge >= 0.3 is 0 Å². The minimum atomic E-state index is -0.481. The van der Waals surface area contributed by atoms with Gasteiger partial charge < -0.3 is 10.6 Å². The lowest BCUT2D eigenvalue weighted by Crippen LogP contribution is -2.59. The van der Waals surface area contributed by atoms with Crippen LogP contribution in [0.5, 0.6) is 0 Å². The molecule has 3 saturated carbocycles. The smallest absolute Gasteiger partial charge is 0.149 e. The summed E-state index contributed by atoms with van der Waals surface area (Å²) in [6.45, 7) is 7.03. The molecule has 0 radical (unpaired) electrons. The van der Waals surface area contributed by atoms with E-state index >= 15 is 0 Å². The summed E-state index contributed by atoms with van der Waals surface area (Å²) in [5.41, 5.74) is 4.30. The highest BCUT2D eigenvalue weighted by atomic mass is 35.5. The number of benzene rings is 2. The van der Waals surface area contributed by atoms with Crippen LogP contribution < -0.4 is 10.6 Å². The van der Waals surface area contributed by atoms with Gasteiger partial charge in [0.15, 0.2) is 0 Å². The maximum Gasteiger partial charge on any atom is 0.149 e. The van der Waals surface area contributed by atoms with Gasteiger partial charge in [-0.2, -0.15) is 5.26 Å². The molecule has 10 heteroatoms. The number of nitriles is 1. The molecule has 3 aliphatic carbocycles. The lowest BCUT2D eigenvalue weighted by Gasteiger charge is -2.61. The van der Waals surface area contributed by atoms with Crippen LogP contribution in [0.1, 0.15) is 62.9 Å². The van der Waals surface area contributed by atoms with Crippen molar-refractivity contribution in [2.45, 2.75) is 51.6 Å². The largest absolute Gasteiger partial charge is 0.383 e. The molecule has 3 fully saturated rings. The predicted molar refractivity (Wildman–Crippen MR) is 162 cm³/mol. The van der Waals surface area contributed by atoms with Crippen LogP contribution in [0.4, 0.5) is 15.8 Å². The zero-order chi connectivity index (χ0) is 29.2. The SMILES string of the molecule is CC(C)(C)CNc1c(C#N)cnc2c(Cl)cc(NC(c3cn(C45CC(C4)C5)nn3)c3ccc(F)c4ncccc34)cc12. The molecule has 5 aromatic rings. The molecule has 0 amide bonds. The average molecular weight is 581 g/mol. The van der Waals surface area contributed by atoms with E-state index in [1.165, 1.54) is 6.07 Å². The average Bonchev–Trinajstić information content (AvgIpc) is 3.38. The predicted octanol–water partition coefficient (Wildman–Crippen LogP) is 7.21. The van der Waals surface area contributed by atoms with Crippen LogP contribution in [-0.2, 0) is 5.54 Å². The van der Waals surface area contributed by atoms with E-state index in [1.54, 1.807) is 24.5 Å². The van der Waals surface area contributed by atoms with E-state index in [-0.39, 0.29) is 16.8 Å². The molecule has 1 atom stereocenters. The second-order valence-electron chi connectivity index (χ2n) is 12.8. The first kappa shape index (κ1) is 26.6. The first-order valence-electron chi connectivity index (χ1n) is 14.1. The van der Waals surface area contributed by atoms with Crippen LogP contribution in [0.25, 0.3) is 21.8 Å². The first-order chi connectivity index (χ1) is 20.1. The maximum atomic E-state index is 14.8. The summed E-state index contributed by atoms with van der Waals surface area (Å²) in [6.07, 6.45) is 8.55. The fourth-order valence-corrected chi connectivity index (χ4v) is 6.48. The quantitative estimate of drug-likeness (QED) is 0.210. The van der Waals surface area contributed by atoms with Gasteiger partial charge in [-0.15, -0.1) is 5.10 Å². The minimum absolute atomic E-state index is 0.0169. The summed E-state index contributed by atoms with van der Waals surface area (Å²) < 4.78 is 16.8. The molecule has 2 bridgehead atoms. The van der Waals surface area contributed by atoms with Crippen molar-refractivity contribution in [2.75, 3.05) is 17.2 Å². The number of hydrogen-bond donors (Lipinski definition) is 2. The number of rotatable bonds is 7. The normalized spacial score (nSPS) is 20.0. The number of nitrogens with one attached hydrogen (secondary N) is 2. The summed E-state index contributed by atoms with van der Waals surface area (Å²) in [5, 5.41) is 28.0. The number of halogens is 2. The van der Waals surface area contributed by atoms with Gasteiger partial charge in [-0.3, -0.25) is 9.97 Å². The molecule has 3 aliphatic rings. The van der Waals surface area contributed by atoms with Crippen molar-refractivity contribution in [3.05, 3.63) is 82.6 Å². The summed E-state index contributed by atoms with van der Waals surface area (Å²) in [6, 6.07) is 12.4. The van der Waals surface area contributed by atoms with Crippen molar-refractivity contribution in [3.8, 4) is 6.07 Å². The van der Waals surface area contributed by atoms with Crippen molar-refractivity contribution in [1.82, 2.24) is 25.0 Å². The van der Waals surface area contributed by atoms with Crippen molar-refractivity contribution < 1.29 is 4.39 Å². The zero-order valence-electron chi connectivity index (χ0n) is 23.6. The number of pyridine rings is 2. The Morgan fingerprint density at radius 1 is 1.14 bits per heavy atom. The topological polar surface area (TPSA) is 104 Å². The van der Waals surface area contributed by atoms with Crippen LogP contribution >= 0.6 is 11.6 Å². The Kier molecular flexibility index (Phi) is 6.10. The Balaban J connectivity index is 1.35. The molecule has 2 N–H and O–H groups in total. The van der Waals surface area contributed by atoms with Crippen molar-refractivity contribution in [1.29, 1.82) is 5.26 Å². The summed E-state index contributed by atoms with van der Waals surface area (Å²) in [4.78, 5) is 8.81. The van der Waals surface area contributed by atoms with Gasteiger partial charge in [0.25, 0.3) is 0 Å². The fourth-order valence-electron chi connectivity index (χ4n) is 6.22. The highest BCUT2D eigenvalue weighted by molar-refractivity contribution is 6.35. The van der Waals surface area contributed by atoms with Crippen LogP contribution in [0.15, 0.2) is 55.0 Å². The summed E-state index contributed by atoms with van der Waals surface area (Å²) in [5.74, 6) is 0.412. The lowest BCUT2D eigenvalue weighted by atomic mass is 9.50. The monoisotopic (exact) mass is 580 g/mol. The molecule has 8 rings (SSSR count). The molecule has 0 saturated heterocycles. The standard InChI is InChI=1S/C32H30ClFN8/c1-31(2,3)17-38-27-19(14-35)15-37-28-23(27)9-20(10-24(28)33)39-30(22-6-7-25(34)29-21(22)5-4-8-36-29)26-16-42(41-40-26)32-11-18(12-32)13-32/h4-10,15-16,18,30,39H,11-13,17H2,1-3H3,(H,37,38). The number of fused-ring (bicyclic) bond motifs is 2. The molecular formula is C32H30ClFN8. The highest BCUT2D eigenvalue weighted by Gasteiger charge is 2.59. The molecule has 42 heavy (non-hydrogen) atoms. The lowest BCUT2D eigenvalue weighted by molar-refractivity contribution is -0.0989. The molecule has 3 aromatic heterocycles. The van der Waals surface area contributed by atoms with Crippen LogP contribution in [0.2, 0.25) is 5.02 Å². The van der Waals surface area contributed by atoms with Gasteiger partial charge in [0.1, 0.15) is 23.1 Å². The van der Waals surface area contributed by atoms with Crippen LogP contribution in [0.3, 0.4) is 0 Å². The van der Waals surface area contributed by atoms with E-state index in [4.69, 9.17) is 11.6 Å². The number of aromatic nitrogens is 5. The van der Waals surface area contributed by atoms with Gasteiger partial charge in [0, 0.05) is 35.4 Å². The molecule has 3 heterocycles. The van der Waals surface area contributed by atoms with E-state index in [9.17, 15) is 9.65 Å². The Hall–Kier alpha value is -4.29. The number of hydrogen-bond acceptors (Lipinski definition) is 7. The molecule has 0 aliphatic heterocycles. The fraction of sp³-hybridized carbons (Fsp3) is 0.344. The van der Waals surface area contributed by atoms with E-state index < -0.39 is 6.04 Å². The minimum Gasteiger partial charge on any atom is -0.383 e. The van der Waals surface area contributed by atoms with Gasteiger partial charge in [-0.05, 0) is 60.4 Å². The third kappa shape index (κ3) is 4.42. The van der Waals surface area contributed by atoms with Crippen molar-refractivity contribution in [2.24, 2.45) is 11.3 Å². The summed E-state index contributed by atoms with van der Waals surface area (Å²) >= 11 is 6.80. The molecule has 8 nitrogen and oxygen atoms in total. The highest BCUT2D eigenvalue weighted by Crippen LogP contribution is 2.62. The maximum absolute atomic E-state index is 14.8. The zero-order valence-corrected chi connectivity index (χ0v) is 24.4. The van der Waals surface area contributed by atoms with Crippen LogP contribution in [0, 0.1) is 28.5 Å². The Labute approximate surface area is 247 Å². The van der Waals surface area contributed by atoms with Gasteiger partial charge in [0.2, 0.25) is 0 Å². The van der Waals surface area contributed by atoms with Crippen molar-refractivity contribution >= 4 is 44.8 Å². The Morgan fingerprint density at radius 2 is 1.95 bits per heavy atom. The van der Waals surface area contributed by atoms with E-state index in [0.29, 0.717) is 50.6 Å². The molecular weight excluding hydrogens is 551 g/mol. The second kappa shape index (κ2) is 9.63. The molecule has 212 valence electrons. The third-order valence-corrected chi connectivity index (χ3v) is 8.80. The van der Waals surface area contributed by atoms with Crippen molar-refractivity contribution in [3.63, 3.8) is 0 Å². The number of anilines is 2. The van der Waals surface area contributed by atoms with E-state index in [2.05, 4.69) is 57.8 Å². The number of nitrogens with zero attached hydrogens (tertiary/aromatic N) is 6. The van der Waals surface area contributed by atoms with Gasteiger partial charge in [0.05, 0.1) is 39.6 Å². The summed E-state index contributed by atoms with van der Waals surface area (Å²) in [7, 11) is 0. The van der Waals surface area contributed by atoms with Crippen LogP contribution in [-0.4, -0.2) is 31.5 Å². The van der Waals surface area contributed by atoms with Gasteiger partial charge in [-0.25, -0.2) is 9.07 Å². The second-order valence-corrected chi connectivity index (χ2v) is 13.2. The Bertz CT molecular complexity index is 1890. The Morgan fingerprint density at radius 3 is 2.67 bits per heavy atom. The third-order valence-electron chi connectivity index (χ3n) is 8.52. The molecule has 0 spiro atoms. The van der Waals surface area contributed by atoms with E-state index in [0.717, 1.165) is 36.1 Å². The molecule has 1 unspecified atom stereocenters. The van der Waals surface area contributed by atoms with E-state index in [1.807, 2.05) is 29.1 Å². The molecule has 2 aromatic carbocycles.